The lowest BCUT2D eigenvalue weighted by Gasteiger charge is -2.14. The van der Waals surface area contributed by atoms with E-state index in [1.165, 1.54) is 0 Å². The van der Waals surface area contributed by atoms with Gasteiger partial charge < -0.3 is 10.4 Å². The van der Waals surface area contributed by atoms with E-state index in [1.807, 2.05) is 6.92 Å². The fraction of sp³-hybridized carbons (Fsp3) is 0.889. The van der Waals surface area contributed by atoms with Crippen molar-refractivity contribution < 1.29 is 5.11 Å². The first-order valence-electron chi connectivity index (χ1n) is 4.74. The molecule has 70 valence electrons. The zero-order chi connectivity index (χ0) is 8.81. The maximum Gasteiger partial charge on any atom is 0.0963 e. The lowest BCUT2D eigenvalue weighted by Crippen LogP contribution is -2.29. The Kier molecular flexibility index (Phi) is 4.08. The lowest BCUT2D eigenvalue weighted by atomic mass is 10.1. The van der Waals surface area contributed by atoms with Gasteiger partial charge in [-0.2, -0.15) is 0 Å². The maximum absolute atomic E-state index is 9.02. The summed E-state index contributed by atoms with van der Waals surface area (Å²) in [5, 5.41) is 12.3. The molecule has 12 heavy (non-hydrogen) atoms. The Morgan fingerprint density at radius 3 is 3.08 bits per heavy atom. The first kappa shape index (κ1) is 9.52. The molecule has 1 aliphatic rings. The molecule has 0 saturated heterocycles. The summed E-state index contributed by atoms with van der Waals surface area (Å²) < 4.78 is 0. The molecule has 0 aromatic carbocycles. The molecule has 0 aliphatic carbocycles. The van der Waals surface area contributed by atoms with Crippen LogP contribution >= 0.6 is 0 Å². The molecule has 1 rings (SSSR count). The van der Waals surface area contributed by atoms with Crippen molar-refractivity contribution in [3.05, 3.63) is 0 Å². The number of aliphatic imine (C=N–C) groups is 1. The van der Waals surface area contributed by atoms with Crippen molar-refractivity contribution in [1.29, 1.82) is 0 Å². The summed E-state index contributed by atoms with van der Waals surface area (Å²) in [6.07, 6.45) is 3.88. The predicted octanol–water partition coefficient (Wildman–Crippen LogP) is 0.929. The predicted molar refractivity (Wildman–Crippen MR) is 50.5 cm³/mol. The molecule has 0 radical (unpaired) electrons. The summed E-state index contributed by atoms with van der Waals surface area (Å²) in [6, 6.07) is 0. The topological polar surface area (TPSA) is 44.6 Å². The van der Waals surface area contributed by atoms with Crippen LogP contribution in [0.25, 0.3) is 0 Å². The molecule has 0 aromatic rings. The van der Waals surface area contributed by atoms with Crippen molar-refractivity contribution in [2.75, 3.05) is 13.1 Å². The molecule has 1 aliphatic heterocycles. The third-order valence-corrected chi connectivity index (χ3v) is 2.00. The van der Waals surface area contributed by atoms with Crippen molar-refractivity contribution in [3.8, 4) is 0 Å². The van der Waals surface area contributed by atoms with Crippen LogP contribution in [0.15, 0.2) is 4.99 Å². The Labute approximate surface area is 73.9 Å². The molecule has 0 spiro atoms. The van der Waals surface area contributed by atoms with Gasteiger partial charge in [0.2, 0.25) is 0 Å². The Bertz CT molecular complexity index is 155. The monoisotopic (exact) mass is 170 g/mol. The summed E-state index contributed by atoms with van der Waals surface area (Å²) in [7, 11) is 0. The molecule has 1 unspecified atom stereocenters. The molecule has 2 N–H and O–H groups in total. The molecule has 0 saturated carbocycles. The largest absolute Gasteiger partial charge is 0.393 e. The van der Waals surface area contributed by atoms with Crippen LogP contribution in [0, 0.1) is 0 Å². The second-order valence-electron chi connectivity index (χ2n) is 3.35. The minimum atomic E-state index is -0.172. The van der Waals surface area contributed by atoms with Gasteiger partial charge in [-0.1, -0.05) is 0 Å². The van der Waals surface area contributed by atoms with Gasteiger partial charge in [0.05, 0.1) is 11.9 Å². The second kappa shape index (κ2) is 5.14. The highest BCUT2D eigenvalue weighted by Gasteiger charge is 2.03. The van der Waals surface area contributed by atoms with Crippen LogP contribution < -0.4 is 5.32 Å². The van der Waals surface area contributed by atoms with E-state index < -0.39 is 0 Å². The van der Waals surface area contributed by atoms with Crippen molar-refractivity contribution in [3.63, 3.8) is 0 Å². The highest BCUT2D eigenvalue weighted by molar-refractivity contribution is 5.82. The number of nitrogens with one attached hydrogen (secondary N) is 1. The van der Waals surface area contributed by atoms with E-state index in [0.29, 0.717) is 0 Å². The van der Waals surface area contributed by atoms with E-state index in [0.717, 1.165) is 44.6 Å². The van der Waals surface area contributed by atoms with Gasteiger partial charge in [0.15, 0.2) is 0 Å². The number of amidine groups is 1. The van der Waals surface area contributed by atoms with Crippen LogP contribution in [0.3, 0.4) is 0 Å². The van der Waals surface area contributed by atoms with E-state index in [9.17, 15) is 0 Å². The first-order valence-corrected chi connectivity index (χ1v) is 4.74. The highest BCUT2D eigenvalue weighted by Crippen LogP contribution is 2.02. The number of nitrogens with zero attached hydrogens (tertiary/aromatic N) is 1. The average molecular weight is 170 g/mol. The standard InChI is InChI=1S/C9H18N2O/c1-8(12)4-2-5-9-10-6-3-7-11-9/h8,12H,2-7H2,1H3,(H,10,11). The third kappa shape index (κ3) is 3.72. The molecule has 3 heteroatoms. The van der Waals surface area contributed by atoms with Gasteiger partial charge in [-0.05, 0) is 26.2 Å². The zero-order valence-electron chi connectivity index (χ0n) is 7.71. The molecule has 0 bridgehead atoms. The molecule has 0 fully saturated rings. The second-order valence-corrected chi connectivity index (χ2v) is 3.35. The number of aliphatic hydroxyl groups is 1. The zero-order valence-corrected chi connectivity index (χ0v) is 7.71. The summed E-state index contributed by atoms with van der Waals surface area (Å²) in [5.41, 5.74) is 0. The summed E-state index contributed by atoms with van der Waals surface area (Å²) in [6.45, 7) is 3.86. The van der Waals surface area contributed by atoms with Crippen LogP contribution in [0.2, 0.25) is 0 Å². The average Bonchev–Trinajstić information content (AvgIpc) is 2.05. The quantitative estimate of drug-likeness (QED) is 0.659. The van der Waals surface area contributed by atoms with Crippen LogP contribution in [-0.2, 0) is 0 Å². The van der Waals surface area contributed by atoms with Crippen molar-refractivity contribution in [2.45, 2.75) is 38.7 Å². The number of rotatable bonds is 4. The van der Waals surface area contributed by atoms with Gasteiger partial charge in [0.1, 0.15) is 0 Å². The summed E-state index contributed by atoms with van der Waals surface area (Å²) in [5.74, 6) is 1.13. The van der Waals surface area contributed by atoms with Crippen LogP contribution in [0.4, 0.5) is 0 Å². The highest BCUT2D eigenvalue weighted by atomic mass is 16.3. The van der Waals surface area contributed by atoms with Gasteiger partial charge in [-0.25, -0.2) is 0 Å². The van der Waals surface area contributed by atoms with Crippen LogP contribution in [0.1, 0.15) is 32.6 Å². The minimum absolute atomic E-state index is 0.172. The SMILES string of the molecule is CC(O)CCCC1=NCCCN1. The van der Waals surface area contributed by atoms with E-state index in [1.54, 1.807) is 0 Å². The number of aliphatic hydroxyl groups excluding tert-OH is 1. The van der Waals surface area contributed by atoms with Gasteiger partial charge in [0.25, 0.3) is 0 Å². The number of hydrogen-bond donors (Lipinski definition) is 2. The summed E-state index contributed by atoms with van der Waals surface area (Å²) in [4.78, 5) is 4.35. The number of hydrogen-bond acceptors (Lipinski definition) is 3. The molecule has 1 atom stereocenters. The van der Waals surface area contributed by atoms with Gasteiger partial charge in [-0.15, -0.1) is 0 Å². The molecule has 0 aromatic heterocycles. The van der Waals surface area contributed by atoms with E-state index in [-0.39, 0.29) is 6.10 Å². The smallest absolute Gasteiger partial charge is 0.0963 e. The molecular formula is C9H18N2O. The Hall–Kier alpha value is -0.570. The first-order chi connectivity index (χ1) is 5.79. The molecule has 1 heterocycles. The van der Waals surface area contributed by atoms with Gasteiger partial charge >= 0.3 is 0 Å². The summed E-state index contributed by atoms with van der Waals surface area (Å²) >= 11 is 0. The van der Waals surface area contributed by atoms with E-state index in [2.05, 4.69) is 10.3 Å². The Balaban J connectivity index is 2.09. The molecule has 0 amide bonds. The van der Waals surface area contributed by atoms with Gasteiger partial charge in [0, 0.05) is 19.5 Å². The van der Waals surface area contributed by atoms with Crippen molar-refractivity contribution >= 4 is 5.84 Å². The normalized spacial score (nSPS) is 19.7. The Morgan fingerprint density at radius 2 is 2.50 bits per heavy atom. The van der Waals surface area contributed by atoms with Crippen LogP contribution in [0.5, 0.6) is 0 Å². The lowest BCUT2D eigenvalue weighted by molar-refractivity contribution is 0.182. The van der Waals surface area contributed by atoms with Crippen molar-refractivity contribution in [2.24, 2.45) is 4.99 Å². The Morgan fingerprint density at radius 1 is 1.67 bits per heavy atom. The molecule has 3 nitrogen and oxygen atoms in total. The maximum atomic E-state index is 9.02. The third-order valence-electron chi connectivity index (χ3n) is 2.00. The van der Waals surface area contributed by atoms with Crippen LogP contribution in [-0.4, -0.2) is 30.1 Å². The van der Waals surface area contributed by atoms with Gasteiger partial charge in [-0.3, -0.25) is 4.99 Å². The van der Waals surface area contributed by atoms with E-state index in [4.69, 9.17) is 5.11 Å². The fourth-order valence-corrected chi connectivity index (χ4v) is 1.31. The minimum Gasteiger partial charge on any atom is -0.393 e. The van der Waals surface area contributed by atoms with Crippen molar-refractivity contribution in [1.82, 2.24) is 5.32 Å². The fourth-order valence-electron chi connectivity index (χ4n) is 1.31. The molecular weight excluding hydrogens is 152 g/mol. The van der Waals surface area contributed by atoms with E-state index >= 15 is 0 Å².